The predicted octanol–water partition coefficient (Wildman–Crippen LogP) is 1.66. The van der Waals surface area contributed by atoms with Crippen molar-refractivity contribution in [2.75, 3.05) is 13.2 Å². The summed E-state index contributed by atoms with van der Waals surface area (Å²) in [7, 11) is 0. The molecule has 1 amide bonds. The molecule has 23 heavy (non-hydrogen) atoms. The van der Waals surface area contributed by atoms with Gasteiger partial charge < -0.3 is 20.5 Å². The van der Waals surface area contributed by atoms with Crippen molar-refractivity contribution in [1.82, 2.24) is 10.3 Å². The Morgan fingerprint density at radius 1 is 1.17 bits per heavy atom. The molecule has 3 N–H and O–H groups in total. The number of hydrogen-bond acceptors (Lipinski definition) is 5. The first-order chi connectivity index (χ1) is 10.8. The van der Waals surface area contributed by atoms with Gasteiger partial charge in [-0.2, -0.15) is 0 Å². The van der Waals surface area contributed by atoms with Gasteiger partial charge in [-0.25, -0.2) is 0 Å². The third-order valence-electron chi connectivity index (χ3n) is 3.35. The van der Waals surface area contributed by atoms with E-state index in [1.165, 1.54) is 0 Å². The van der Waals surface area contributed by atoms with Gasteiger partial charge in [0.15, 0.2) is 11.5 Å². The van der Waals surface area contributed by atoms with Crippen molar-refractivity contribution < 1.29 is 14.3 Å². The third-order valence-corrected chi connectivity index (χ3v) is 3.35. The Kier molecular flexibility index (Phi) is 5.78. The fourth-order valence-electron chi connectivity index (χ4n) is 2.21. The molecular formula is C16H18ClN3O3. The zero-order valence-electron chi connectivity index (χ0n) is 12.5. The maximum atomic E-state index is 12.1. The van der Waals surface area contributed by atoms with Crippen LogP contribution in [0.1, 0.15) is 21.6 Å². The summed E-state index contributed by atoms with van der Waals surface area (Å²) >= 11 is 0. The van der Waals surface area contributed by atoms with Crippen LogP contribution in [0.3, 0.4) is 0 Å². The van der Waals surface area contributed by atoms with Crippen LogP contribution in [0.25, 0.3) is 0 Å². The molecule has 122 valence electrons. The van der Waals surface area contributed by atoms with E-state index in [1.54, 1.807) is 18.3 Å². The van der Waals surface area contributed by atoms with Crippen LogP contribution in [0.5, 0.6) is 11.5 Å². The lowest BCUT2D eigenvalue weighted by Crippen LogP contribution is -2.23. The molecule has 0 spiro atoms. The SMILES string of the molecule is Cl.NCc1cc(C(=O)NCc2ccc3c(c2)OCCO3)ccn1. The van der Waals surface area contributed by atoms with E-state index < -0.39 is 0 Å². The number of rotatable bonds is 4. The number of nitrogens with two attached hydrogens (primary N) is 1. The number of carbonyl (C=O) groups excluding carboxylic acids is 1. The molecule has 0 saturated carbocycles. The van der Waals surface area contributed by atoms with Crippen LogP contribution in [0.15, 0.2) is 36.5 Å². The van der Waals surface area contributed by atoms with Crippen LogP contribution in [0.2, 0.25) is 0 Å². The van der Waals surface area contributed by atoms with Gasteiger partial charge in [0.2, 0.25) is 0 Å². The van der Waals surface area contributed by atoms with E-state index >= 15 is 0 Å². The van der Waals surface area contributed by atoms with E-state index in [0.29, 0.717) is 43.3 Å². The van der Waals surface area contributed by atoms with E-state index in [0.717, 1.165) is 11.3 Å². The second-order valence-electron chi connectivity index (χ2n) is 4.90. The second kappa shape index (κ2) is 7.80. The fraction of sp³-hybridized carbons (Fsp3) is 0.250. The van der Waals surface area contributed by atoms with Crippen LogP contribution in [-0.2, 0) is 13.1 Å². The first kappa shape index (κ1) is 17.1. The molecule has 3 rings (SSSR count). The van der Waals surface area contributed by atoms with Crippen molar-refractivity contribution in [2.24, 2.45) is 5.73 Å². The van der Waals surface area contributed by atoms with Crippen molar-refractivity contribution >= 4 is 18.3 Å². The molecule has 2 aromatic rings. The minimum absolute atomic E-state index is 0. The molecule has 0 aliphatic carbocycles. The number of amides is 1. The molecule has 0 atom stereocenters. The van der Waals surface area contributed by atoms with E-state index in [9.17, 15) is 4.79 Å². The smallest absolute Gasteiger partial charge is 0.251 e. The van der Waals surface area contributed by atoms with Gasteiger partial charge in [-0.1, -0.05) is 6.07 Å². The zero-order valence-corrected chi connectivity index (χ0v) is 13.3. The number of benzene rings is 1. The van der Waals surface area contributed by atoms with Crippen LogP contribution < -0.4 is 20.5 Å². The quantitative estimate of drug-likeness (QED) is 0.887. The van der Waals surface area contributed by atoms with E-state index in [4.69, 9.17) is 15.2 Å². The predicted molar refractivity (Wildman–Crippen MR) is 88.0 cm³/mol. The van der Waals surface area contributed by atoms with Gasteiger partial charge in [-0.3, -0.25) is 9.78 Å². The van der Waals surface area contributed by atoms with Crippen LogP contribution in [-0.4, -0.2) is 24.1 Å². The molecule has 0 unspecified atom stereocenters. The van der Waals surface area contributed by atoms with Crippen molar-refractivity contribution in [3.05, 3.63) is 53.3 Å². The number of fused-ring (bicyclic) bond motifs is 1. The van der Waals surface area contributed by atoms with Gasteiger partial charge in [0.1, 0.15) is 13.2 Å². The van der Waals surface area contributed by atoms with Gasteiger partial charge in [0.25, 0.3) is 5.91 Å². The normalized spacial score (nSPS) is 12.2. The molecule has 0 bridgehead atoms. The molecule has 7 heteroatoms. The number of hydrogen-bond donors (Lipinski definition) is 2. The van der Waals surface area contributed by atoms with E-state index in [2.05, 4.69) is 10.3 Å². The van der Waals surface area contributed by atoms with E-state index in [-0.39, 0.29) is 18.3 Å². The molecule has 1 aliphatic rings. The summed E-state index contributed by atoms with van der Waals surface area (Å²) in [5, 5.41) is 2.87. The minimum atomic E-state index is -0.160. The Morgan fingerprint density at radius 3 is 2.74 bits per heavy atom. The Balaban J connectivity index is 0.00000192. The van der Waals surface area contributed by atoms with Gasteiger partial charge >= 0.3 is 0 Å². The summed E-state index contributed by atoms with van der Waals surface area (Å²) in [6.07, 6.45) is 1.58. The van der Waals surface area contributed by atoms with Crippen molar-refractivity contribution in [3.8, 4) is 11.5 Å². The molecule has 6 nitrogen and oxygen atoms in total. The highest BCUT2D eigenvalue weighted by molar-refractivity contribution is 5.94. The molecule has 0 fully saturated rings. The highest BCUT2D eigenvalue weighted by Crippen LogP contribution is 2.30. The summed E-state index contributed by atoms with van der Waals surface area (Å²) in [5.41, 5.74) is 7.71. The molecule has 1 aromatic carbocycles. The summed E-state index contributed by atoms with van der Waals surface area (Å²) in [6.45, 7) is 1.83. The third kappa shape index (κ3) is 4.12. The van der Waals surface area contributed by atoms with Gasteiger partial charge in [0.05, 0.1) is 5.69 Å². The highest BCUT2D eigenvalue weighted by atomic mass is 35.5. The maximum Gasteiger partial charge on any atom is 0.251 e. The standard InChI is InChI=1S/C16H17N3O3.ClH/c17-9-13-8-12(3-4-18-13)16(20)19-10-11-1-2-14-15(7-11)22-6-5-21-14;/h1-4,7-8H,5-6,9-10,17H2,(H,19,20);1H. The summed E-state index contributed by atoms with van der Waals surface area (Å²) < 4.78 is 11.0. The van der Waals surface area contributed by atoms with Gasteiger partial charge in [0, 0.05) is 24.8 Å². The lowest BCUT2D eigenvalue weighted by atomic mass is 10.1. The van der Waals surface area contributed by atoms with Crippen molar-refractivity contribution in [1.29, 1.82) is 0 Å². The Bertz CT molecular complexity index is 694. The largest absolute Gasteiger partial charge is 0.486 e. The summed E-state index contributed by atoms with van der Waals surface area (Å²) in [4.78, 5) is 16.2. The highest BCUT2D eigenvalue weighted by Gasteiger charge is 2.12. The van der Waals surface area contributed by atoms with Gasteiger partial charge in [-0.15, -0.1) is 12.4 Å². The van der Waals surface area contributed by atoms with Crippen molar-refractivity contribution in [3.63, 3.8) is 0 Å². The molecular weight excluding hydrogens is 318 g/mol. The lowest BCUT2D eigenvalue weighted by Gasteiger charge is -2.19. The molecule has 1 aromatic heterocycles. The van der Waals surface area contributed by atoms with Crippen LogP contribution in [0.4, 0.5) is 0 Å². The first-order valence-electron chi connectivity index (χ1n) is 7.08. The summed E-state index contributed by atoms with van der Waals surface area (Å²) in [6, 6.07) is 9.00. The average Bonchev–Trinajstić information content (AvgIpc) is 2.59. The van der Waals surface area contributed by atoms with Crippen molar-refractivity contribution in [2.45, 2.75) is 13.1 Å². The first-order valence-corrected chi connectivity index (χ1v) is 7.08. The maximum absolute atomic E-state index is 12.1. The number of pyridine rings is 1. The molecule has 1 aliphatic heterocycles. The Morgan fingerprint density at radius 2 is 1.96 bits per heavy atom. The molecule has 0 saturated heterocycles. The fourth-order valence-corrected chi connectivity index (χ4v) is 2.21. The number of carbonyl (C=O) groups is 1. The molecule has 2 heterocycles. The number of ether oxygens (including phenoxy) is 2. The topological polar surface area (TPSA) is 86.5 Å². The summed E-state index contributed by atoms with van der Waals surface area (Å²) in [5.74, 6) is 1.29. The second-order valence-corrected chi connectivity index (χ2v) is 4.90. The lowest BCUT2D eigenvalue weighted by molar-refractivity contribution is 0.0950. The number of nitrogens with zero attached hydrogens (tertiary/aromatic N) is 1. The average molecular weight is 336 g/mol. The number of aromatic nitrogens is 1. The van der Waals surface area contributed by atoms with Gasteiger partial charge in [-0.05, 0) is 29.8 Å². The Labute approximate surface area is 140 Å². The van der Waals surface area contributed by atoms with Crippen LogP contribution in [0, 0.1) is 0 Å². The number of halogens is 1. The monoisotopic (exact) mass is 335 g/mol. The molecule has 0 radical (unpaired) electrons. The van der Waals surface area contributed by atoms with E-state index in [1.807, 2.05) is 18.2 Å². The van der Waals surface area contributed by atoms with Crippen LogP contribution >= 0.6 is 12.4 Å². The zero-order chi connectivity index (χ0) is 15.4. The number of nitrogens with one attached hydrogen (secondary N) is 1. The minimum Gasteiger partial charge on any atom is -0.486 e. The Hall–Kier alpha value is -2.31.